The van der Waals surface area contributed by atoms with Gasteiger partial charge in [0.15, 0.2) is 5.96 Å². The van der Waals surface area contributed by atoms with Gasteiger partial charge in [0.05, 0.1) is 0 Å². The predicted molar refractivity (Wildman–Crippen MR) is 120 cm³/mol. The van der Waals surface area contributed by atoms with Crippen LogP contribution in [0.5, 0.6) is 0 Å². The van der Waals surface area contributed by atoms with Crippen molar-refractivity contribution in [3.05, 3.63) is 11.6 Å². The highest BCUT2D eigenvalue weighted by atomic mass is 127. The number of rotatable bonds is 7. The fraction of sp³-hybridized carbons (Fsp3) is 0.850. The Labute approximate surface area is 172 Å². The molecule has 2 aliphatic rings. The molecule has 0 amide bonds. The number of hydrogen-bond acceptors (Lipinski definition) is 2. The van der Waals surface area contributed by atoms with Crippen LogP contribution in [-0.4, -0.2) is 50.6 Å². The normalized spacial score (nSPS) is 22.3. The highest BCUT2D eigenvalue weighted by Crippen LogP contribution is 2.19. The van der Waals surface area contributed by atoms with Gasteiger partial charge >= 0.3 is 0 Å². The summed E-state index contributed by atoms with van der Waals surface area (Å²) in [6, 6.07) is 0. The van der Waals surface area contributed by atoms with Crippen LogP contribution in [0.1, 0.15) is 58.8 Å². The highest BCUT2D eigenvalue weighted by molar-refractivity contribution is 14.0. The topological polar surface area (TPSA) is 39.7 Å². The van der Waals surface area contributed by atoms with E-state index in [9.17, 15) is 0 Å². The van der Waals surface area contributed by atoms with Crippen LogP contribution in [0, 0.1) is 11.8 Å². The fourth-order valence-electron chi connectivity index (χ4n) is 3.93. The lowest BCUT2D eigenvalue weighted by Gasteiger charge is -2.34. The van der Waals surface area contributed by atoms with Gasteiger partial charge in [-0.05, 0) is 63.3 Å². The van der Waals surface area contributed by atoms with E-state index in [0.717, 1.165) is 37.3 Å². The van der Waals surface area contributed by atoms with Gasteiger partial charge in [0.2, 0.25) is 0 Å². The maximum Gasteiger partial charge on any atom is 0.190 e. The molecule has 146 valence electrons. The van der Waals surface area contributed by atoms with E-state index in [2.05, 4.69) is 40.4 Å². The van der Waals surface area contributed by atoms with Gasteiger partial charge in [-0.25, -0.2) is 0 Å². The van der Waals surface area contributed by atoms with Crippen LogP contribution in [0.4, 0.5) is 0 Å². The van der Waals surface area contributed by atoms with Gasteiger partial charge in [-0.3, -0.25) is 4.99 Å². The van der Waals surface area contributed by atoms with Gasteiger partial charge < -0.3 is 15.5 Å². The maximum atomic E-state index is 4.38. The molecule has 0 saturated carbocycles. The Morgan fingerprint density at radius 3 is 2.80 bits per heavy atom. The Kier molecular flexibility index (Phi) is 11.8. The number of halogens is 1. The molecule has 5 heteroatoms. The average Bonchev–Trinajstić information content (AvgIpc) is 2.58. The van der Waals surface area contributed by atoms with E-state index >= 15 is 0 Å². The molecule has 1 aliphatic heterocycles. The molecule has 0 aromatic carbocycles. The second kappa shape index (κ2) is 13.0. The predicted octanol–water partition coefficient (Wildman–Crippen LogP) is 4.03. The first-order chi connectivity index (χ1) is 11.7. The summed E-state index contributed by atoms with van der Waals surface area (Å²) in [5.41, 5.74) is 1.63. The van der Waals surface area contributed by atoms with Crippen molar-refractivity contribution in [2.45, 2.75) is 58.8 Å². The number of hydrogen-bond donors (Lipinski definition) is 2. The molecule has 0 spiro atoms. The van der Waals surface area contributed by atoms with E-state index < -0.39 is 0 Å². The second-order valence-corrected chi connectivity index (χ2v) is 7.90. The monoisotopic (exact) mass is 462 g/mol. The smallest absolute Gasteiger partial charge is 0.190 e. The largest absolute Gasteiger partial charge is 0.356 e. The second-order valence-electron chi connectivity index (χ2n) is 7.90. The van der Waals surface area contributed by atoms with Gasteiger partial charge in [0, 0.05) is 33.2 Å². The van der Waals surface area contributed by atoms with Crippen molar-refractivity contribution in [3.8, 4) is 0 Å². The lowest BCUT2D eigenvalue weighted by atomic mass is 9.97. The lowest BCUT2D eigenvalue weighted by Crippen LogP contribution is -2.45. The molecule has 1 unspecified atom stereocenters. The van der Waals surface area contributed by atoms with Crippen molar-refractivity contribution in [1.82, 2.24) is 15.5 Å². The van der Waals surface area contributed by atoms with E-state index in [0.29, 0.717) is 0 Å². The van der Waals surface area contributed by atoms with Gasteiger partial charge in [0.25, 0.3) is 0 Å². The summed E-state index contributed by atoms with van der Waals surface area (Å²) in [6.45, 7) is 10.4. The summed E-state index contributed by atoms with van der Waals surface area (Å²) >= 11 is 0. The maximum absolute atomic E-state index is 4.38. The third kappa shape index (κ3) is 9.27. The number of guanidine groups is 1. The van der Waals surface area contributed by atoms with E-state index in [1.807, 2.05) is 7.05 Å². The SMILES string of the molecule is CN=C(NCCC1=CCCCC1)NCC1CCCN(CC(C)C)C1.I. The number of allylic oxidation sites excluding steroid dienone is 1. The molecule has 4 nitrogen and oxygen atoms in total. The summed E-state index contributed by atoms with van der Waals surface area (Å²) in [7, 11) is 1.88. The van der Waals surface area contributed by atoms with Gasteiger partial charge in [-0.1, -0.05) is 25.5 Å². The van der Waals surface area contributed by atoms with E-state index in [4.69, 9.17) is 0 Å². The van der Waals surface area contributed by atoms with Crippen LogP contribution in [-0.2, 0) is 0 Å². The van der Waals surface area contributed by atoms with Crippen molar-refractivity contribution < 1.29 is 0 Å². The van der Waals surface area contributed by atoms with Gasteiger partial charge in [-0.15, -0.1) is 24.0 Å². The van der Waals surface area contributed by atoms with Crippen LogP contribution >= 0.6 is 24.0 Å². The first-order valence-corrected chi connectivity index (χ1v) is 10.0. The minimum absolute atomic E-state index is 0. The van der Waals surface area contributed by atoms with Crippen molar-refractivity contribution in [3.63, 3.8) is 0 Å². The van der Waals surface area contributed by atoms with Crippen molar-refractivity contribution >= 4 is 29.9 Å². The third-order valence-electron chi connectivity index (χ3n) is 5.13. The van der Waals surface area contributed by atoms with Crippen LogP contribution in [0.2, 0.25) is 0 Å². The average molecular weight is 462 g/mol. The molecule has 1 atom stereocenters. The lowest BCUT2D eigenvalue weighted by molar-refractivity contribution is 0.159. The zero-order valence-corrected chi connectivity index (χ0v) is 18.9. The standard InChI is InChI=1S/C20H38N4.HI/c1-17(2)15-24-13-7-10-19(16-24)14-23-20(21-3)22-12-11-18-8-5-4-6-9-18;/h8,17,19H,4-7,9-16H2,1-3H3,(H2,21,22,23);1H. The van der Waals surface area contributed by atoms with Crippen LogP contribution in [0.15, 0.2) is 16.6 Å². The summed E-state index contributed by atoms with van der Waals surface area (Å²) in [6.07, 6.45) is 11.6. The minimum Gasteiger partial charge on any atom is -0.356 e. The molecule has 1 heterocycles. The number of nitrogens with zero attached hydrogens (tertiary/aromatic N) is 2. The minimum atomic E-state index is 0. The van der Waals surface area contributed by atoms with E-state index in [-0.39, 0.29) is 24.0 Å². The summed E-state index contributed by atoms with van der Waals surface area (Å²) in [5.74, 6) is 2.48. The van der Waals surface area contributed by atoms with Crippen LogP contribution < -0.4 is 10.6 Å². The Morgan fingerprint density at radius 2 is 2.12 bits per heavy atom. The zero-order valence-electron chi connectivity index (χ0n) is 16.5. The molecule has 25 heavy (non-hydrogen) atoms. The summed E-state index contributed by atoms with van der Waals surface area (Å²) in [5, 5.41) is 7.03. The van der Waals surface area contributed by atoms with Crippen molar-refractivity contribution in [2.24, 2.45) is 16.8 Å². The molecule has 1 saturated heterocycles. The molecular weight excluding hydrogens is 423 g/mol. The summed E-state index contributed by atoms with van der Waals surface area (Å²) < 4.78 is 0. The Morgan fingerprint density at radius 1 is 1.28 bits per heavy atom. The summed E-state index contributed by atoms with van der Waals surface area (Å²) in [4.78, 5) is 7.02. The molecule has 0 radical (unpaired) electrons. The number of likely N-dealkylation sites (tertiary alicyclic amines) is 1. The third-order valence-corrected chi connectivity index (χ3v) is 5.13. The Bertz CT molecular complexity index is 420. The molecule has 1 fully saturated rings. The first-order valence-electron chi connectivity index (χ1n) is 10.0. The van der Waals surface area contributed by atoms with E-state index in [1.54, 1.807) is 5.57 Å². The molecule has 1 aliphatic carbocycles. The molecule has 0 aromatic rings. The van der Waals surface area contributed by atoms with Crippen LogP contribution in [0.25, 0.3) is 0 Å². The van der Waals surface area contributed by atoms with Crippen LogP contribution in [0.3, 0.4) is 0 Å². The molecule has 0 bridgehead atoms. The Hall–Kier alpha value is -0.300. The molecule has 2 rings (SSSR count). The molecule has 0 aromatic heterocycles. The zero-order chi connectivity index (χ0) is 17.2. The quantitative estimate of drug-likeness (QED) is 0.260. The molecular formula is C20H39IN4. The van der Waals surface area contributed by atoms with Gasteiger partial charge in [0.1, 0.15) is 0 Å². The fourth-order valence-corrected chi connectivity index (χ4v) is 3.93. The molecule has 2 N–H and O–H groups in total. The van der Waals surface area contributed by atoms with Gasteiger partial charge in [-0.2, -0.15) is 0 Å². The van der Waals surface area contributed by atoms with Crippen molar-refractivity contribution in [1.29, 1.82) is 0 Å². The number of piperidine rings is 1. The van der Waals surface area contributed by atoms with Crippen molar-refractivity contribution in [2.75, 3.05) is 39.8 Å². The first kappa shape index (κ1) is 22.7. The van der Waals surface area contributed by atoms with E-state index in [1.165, 1.54) is 58.2 Å². The number of aliphatic imine (C=N–C) groups is 1. The Balaban J connectivity index is 0.00000312. The number of nitrogens with one attached hydrogen (secondary N) is 2. The highest BCUT2D eigenvalue weighted by Gasteiger charge is 2.20.